The van der Waals surface area contributed by atoms with Gasteiger partial charge in [0.2, 0.25) is 5.91 Å². The first-order valence-corrected chi connectivity index (χ1v) is 12.1. The highest BCUT2D eigenvalue weighted by molar-refractivity contribution is 6.00. The summed E-state index contributed by atoms with van der Waals surface area (Å²) in [6.45, 7) is 2.38. The number of hydrogen-bond donors (Lipinski definition) is 1. The summed E-state index contributed by atoms with van der Waals surface area (Å²) in [5.74, 6) is 1.98. The summed E-state index contributed by atoms with van der Waals surface area (Å²) in [5.41, 5.74) is 0.808. The second-order valence-corrected chi connectivity index (χ2v) is 9.55. The van der Waals surface area contributed by atoms with Crippen LogP contribution in [0.15, 0.2) is 42.5 Å². The molecule has 35 heavy (non-hydrogen) atoms. The number of fused-ring (bicyclic) bond motifs is 2. The minimum Gasteiger partial charge on any atom is -0.486 e. The van der Waals surface area contributed by atoms with Gasteiger partial charge >= 0.3 is 6.03 Å². The fourth-order valence-electron chi connectivity index (χ4n) is 5.36. The zero-order valence-electron chi connectivity index (χ0n) is 19.3. The lowest BCUT2D eigenvalue weighted by atomic mass is 9.82. The van der Waals surface area contributed by atoms with Gasteiger partial charge < -0.3 is 29.3 Å². The zero-order valence-corrected chi connectivity index (χ0v) is 19.3. The fraction of sp³-hybridized carbons (Fsp3) is 0.423. The molecule has 0 radical (unpaired) electrons. The summed E-state index contributed by atoms with van der Waals surface area (Å²) in [7, 11) is 0. The number of para-hydroxylation sites is 1. The van der Waals surface area contributed by atoms with Crippen molar-refractivity contribution in [3.63, 3.8) is 0 Å². The molecule has 0 aliphatic carbocycles. The van der Waals surface area contributed by atoms with E-state index in [0.717, 1.165) is 5.69 Å². The topological polar surface area (TPSA) is 97.4 Å². The van der Waals surface area contributed by atoms with Crippen molar-refractivity contribution in [3.05, 3.63) is 48.0 Å². The molecule has 2 fully saturated rings. The number of carbonyl (C=O) groups excluding carboxylic acids is 3. The van der Waals surface area contributed by atoms with E-state index in [4.69, 9.17) is 14.2 Å². The highest BCUT2D eigenvalue weighted by atomic mass is 16.6. The predicted molar refractivity (Wildman–Crippen MR) is 126 cm³/mol. The van der Waals surface area contributed by atoms with Gasteiger partial charge in [-0.1, -0.05) is 12.1 Å². The molecule has 0 saturated carbocycles. The Hall–Kier alpha value is -3.75. The van der Waals surface area contributed by atoms with Gasteiger partial charge in [0.15, 0.2) is 17.3 Å². The van der Waals surface area contributed by atoms with Gasteiger partial charge in [-0.3, -0.25) is 9.59 Å². The number of nitrogens with one attached hydrogen (secondary N) is 1. The van der Waals surface area contributed by atoms with E-state index in [-0.39, 0.29) is 30.2 Å². The molecule has 1 atom stereocenters. The van der Waals surface area contributed by atoms with Gasteiger partial charge in [-0.05, 0) is 24.3 Å². The molecule has 4 aliphatic rings. The second kappa shape index (κ2) is 8.48. The molecule has 0 bridgehead atoms. The molecule has 0 aromatic heterocycles. The maximum Gasteiger partial charge on any atom is 0.317 e. The first kappa shape index (κ1) is 21.8. The third-order valence-corrected chi connectivity index (χ3v) is 7.25. The third kappa shape index (κ3) is 4.05. The van der Waals surface area contributed by atoms with Gasteiger partial charge in [-0.15, -0.1) is 0 Å². The van der Waals surface area contributed by atoms with E-state index in [9.17, 15) is 14.4 Å². The Bertz CT molecular complexity index is 1190. The smallest absolute Gasteiger partial charge is 0.317 e. The number of anilines is 1. The standard InChI is InChI=1S/C26H27N3O6/c30-20-15-26(35-21-4-2-1-3-19(20)21)7-9-28(10-8-26)25(32)27-17-13-24(31)29(16-17)18-5-6-22-23(14-18)34-12-11-33-22/h1-6,14,17H,7-13,15-16H2,(H,27,32)/t17-/m0/s1. The molecule has 2 aromatic rings. The Morgan fingerprint density at radius 2 is 1.74 bits per heavy atom. The van der Waals surface area contributed by atoms with E-state index in [0.29, 0.717) is 74.9 Å². The van der Waals surface area contributed by atoms with Gasteiger partial charge in [0.1, 0.15) is 24.6 Å². The van der Waals surface area contributed by atoms with Crippen LogP contribution in [0.5, 0.6) is 17.2 Å². The maximum atomic E-state index is 13.0. The van der Waals surface area contributed by atoms with Crippen molar-refractivity contribution in [3.8, 4) is 17.2 Å². The monoisotopic (exact) mass is 477 g/mol. The van der Waals surface area contributed by atoms with Gasteiger partial charge in [0.25, 0.3) is 0 Å². The largest absolute Gasteiger partial charge is 0.486 e. The van der Waals surface area contributed by atoms with Crippen LogP contribution in [0.2, 0.25) is 0 Å². The van der Waals surface area contributed by atoms with E-state index < -0.39 is 5.60 Å². The fourth-order valence-corrected chi connectivity index (χ4v) is 5.36. The molecule has 9 nitrogen and oxygen atoms in total. The number of amides is 3. The Morgan fingerprint density at radius 1 is 0.971 bits per heavy atom. The molecule has 0 unspecified atom stereocenters. The van der Waals surface area contributed by atoms with Crippen LogP contribution >= 0.6 is 0 Å². The lowest BCUT2D eigenvalue weighted by Crippen LogP contribution is -2.55. The SMILES string of the molecule is O=C1CC2(CCN(C(=O)N[C@H]3CC(=O)N(c4ccc5c(c4)OCCO5)C3)CC2)Oc2ccccc21. The highest BCUT2D eigenvalue weighted by Crippen LogP contribution is 2.39. The molecule has 1 N–H and O–H groups in total. The number of carbonyl (C=O) groups is 3. The van der Waals surface area contributed by atoms with E-state index in [1.54, 1.807) is 15.9 Å². The minimum absolute atomic E-state index is 0.0441. The van der Waals surface area contributed by atoms with E-state index >= 15 is 0 Å². The van der Waals surface area contributed by atoms with Crippen LogP contribution < -0.4 is 24.4 Å². The molecule has 3 amide bonds. The number of Topliss-reactive ketones (excluding diaryl/α,β-unsaturated/α-hetero) is 1. The summed E-state index contributed by atoms with van der Waals surface area (Å²) >= 11 is 0. The van der Waals surface area contributed by atoms with Crippen molar-refractivity contribution in [1.82, 2.24) is 10.2 Å². The first-order valence-electron chi connectivity index (χ1n) is 12.1. The molecule has 2 saturated heterocycles. The van der Waals surface area contributed by atoms with Crippen LogP contribution in [0.1, 0.15) is 36.0 Å². The summed E-state index contributed by atoms with van der Waals surface area (Å²) in [4.78, 5) is 41.7. The minimum atomic E-state index is -0.555. The number of hydrogen-bond acceptors (Lipinski definition) is 6. The number of piperidine rings is 1. The quantitative estimate of drug-likeness (QED) is 0.715. The average molecular weight is 478 g/mol. The van der Waals surface area contributed by atoms with Crippen LogP contribution in [0, 0.1) is 0 Å². The molecule has 4 heterocycles. The van der Waals surface area contributed by atoms with Crippen LogP contribution in [-0.2, 0) is 4.79 Å². The number of urea groups is 1. The van der Waals surface area contributed by atoms with Crippen molar-refractivity contribution in [2.75, 3.05) is 37.7 Å². The van der Waals surface area contributed by atoms with Crippen LogP contribution in [0.4, 0.5) is 10.5 Å². The van der Waals surface area contributed by atoms with Crippen molar-refractivity contribution in [1.29, 1.82) is 0 Å². The molecule has 2 aromatic carbocycles. The van der Waals surface area contributed by atoms with Gasteiger partial charge in [-0.25, -0.2) is 4.79 Å². The maximum absolute atomic E-state index is 13.0. The van der Waals surface area contributed by atoms with Crippen molar-refractivity contribution in [2.45, 2.75) is 37.3 Å². The van der Waals surface area contributed by atoms with Gasteiger partial charge in [0, 0.05) is 50.7 Å². The average Bonchev–Trinajstić information content (AvgIpc) is 3.23. The Labute approximate surface area is 202 Å². The summed E-state index contributed by atoms with van der Waals surface area (Å²) < 4.78 is 17.4. The number of nitrogens with zero attached hydrogens (tertiary/aromatic N) is 2. The first-order chi connectivity index (χ1) is 17.0. The van der Waals surface area contributed by atoms with E-state index in [1.165, 1.54) is 0 Å². The third-order valence-electron chi connectivity index (χ3n) is 7.25. The lowest BCUT2D eigenvalue weighted by molar-refractivity contribution is -0.117. The molecular formula is C26H27N3O6. The highest BCUT2D eigenvalue weighted by Gasteiger charge is 2.44. The molecular weight excluding hydrogens is 450 g/mol. The normalized spacial score (nSPS) is 22.6. The van der Waals surface area contributed by atoms with Gasteiger partial charge in [-0.2, -0.15) is 0 Å². The Kier molecular flexibility index (Phi) is 5.27. The number of rotatable bonds is 2. The lowest BCUT2D eigenvalue weighted by Gasteiger charge is -2.44. The zero-order chi connectivity index (χ0) is 24.0. The van der Waals surface area contributed by atoms with Crippen molar-refractivity contribution >= 4 is 23.4 Å². The van der Waals surface area contributed by atoms with E-state index in [1.807, 2.05) is 36.4 Å². The summed E-state index contributed by atoms with van der Waals surface area (Å²) in [6, 6.07) is 12.3. The van der Waals surface area contributed by atoms with E-state index in [2.05, 4.69) is 5.32 Å². The number of likely N-dealkylation sites (tertiary alicyclic amines) is 1. The number of ketones is 1. The van der Waals surface area contributed by atoms with Crippen molar-refractivity contribution < 1.29 is 28.6 Å². The molecule has 4 aliphatic heterocycles. The van der Waals surface area contributed by atoms with Gasteiger partial charge in [0.05, 0.1) is 18.0 Å². The van der Waals surface area contributed by atoms with Crippen LogP contribution in [-0.4, -0.2) is 67.1 Å². The predicted octanol–water partition coefficient (Wildman–Crippen LogP) is 2.77. The second-order valence-electron chi connectivity index (χ2n) is 9.55. The molecule has 182 valence electrons. The summed E-state index contributed by atoms with van der Waals surface area (Å²) in [6.07, 6.45) is 1.76. The van der Waals surface area contributed by atoms with Crippen molar-refractivity contribution in [2.24, 2.45) is 0 Å². The molecule has 1 spiro atoms. The van der Waals surface area contributed by atoms with Crippen LogP contribution in [0.3, 0.4) is 0 Å². The number of benzene rings is 2. The number of ether oxygens (including phenoxy) is 3. The molecule has 9 heteroatoms. The molecule has 6 rings (SSSR count). The van der Waals surface area contributed by atoms with Crippen LogP contribution in [0.25, 0.3) is 0 Å². The Morgan fingerprint density at radius 3 is 2.57 bits per heavy atom. The Balaban J connectivity index is 1.06. The summed E-state index contributed by atoms with van der Waals surface area (Å²) in [5, 5.41) is 3.02.